The van der Waals surface area contributed by atoms with Gasteiger partial charge in [0.1, 0.15) is 0 Å². The highest BCUT2D eigenvalue weighted by molar-refractivity contribution is 5.81. The van der Waals surface area contributed by atoms with Crippen molar-refractivity contribution in [3.8, 4) is 0 Å². The maximum Gasteiger partial charge on any atom is 0.239 e. The zero-order valence-corrected chi connectivity index (χ0v) is 10.2. The lowest BCUT2D eigenvalue weighted by molar-refractivity contribution is -0.133. The van der Waals surface area contributed by atoms with Crippen molar-refractivity contribution in [2.24, 2.45) is 5.73 Å². The van der Waals surface area contributed by atoms with E-state index < -0.39 is 0 Å². The third-order valence-electron chi connectivity index (χ3n) is 3.19. The van der Waals surface area contributed by atoms with E-state index in [0.29, 0.717) is 6.54 Å². The van der Waals surface area contributed by atoms with Gasteiger partial charge in [-0.3, -0.25) is 9.78 Å². The molecule has 1 aliphatic rings. The molecule has 0 unspecified atom stereocenters. The van der Waals surface area contributed by atoms with Crippen LogP contribution in [0.15, 0.2) is 18.3 Å². The van der Waals surface area contributed by atoms with Crippen molar-refractivity contribution in [1.29, 1.82) is 0 Å². The van der Waals surface area contributed by atoms with Crippen LogP contribution in [0.4, 0.5) is 0 Å². The summed E-state index contributed by atoms with van der Waals surface area (Å²) < 4.78 is 0. The van der Waals surface area contributed by atoms with Crippen molar-refractivity contribution < 1.29 is 4.79 Å². The monoisotopic (exact) mass is 233 g/mol. The molecule has 0 fully saturated rings. The molecule has 0 aromatic carbocycles. The van der Waals surface area contributed by atoms with Crippen LogP contribution in [0.1, 0.15) is 31.0 Å². The summed E-state index contributed by atoms with van der Waals surface area (Å²) in [5.41, 5.74) is 8.13. The average Bonchev–Trinajstić information content (AvgIpc) is 2.37. The van der Waals surface area contributed by atoms with Crippen LogP contribution in [0.3, 0.4) is 0 Å². The predicted octanol–water partition coefficient (Wildman–Crippen LogP) is 1.09. The van der Waals surface area contributed by atoms with Gasteiger partial charge in [0.2, 0.25) is 5.91 Å². The topological polar surface area (TPSA) is 59.2 Å². The zero-order valence-electron chi connectivity index (χ0n) is 10.2. The molecule has 0 spiro atoms. The molecule has 0 bridgehead atoms. The maximum absolute atomic E-state index is 12.1. The van der Waals surface area contributed by atoms with Gasteiger partial charge >= 0.3 is 0 Å². The Morgan fingerprint density at radius 2 is 2.47 bits per heavy atom. The molecule has 1 aliphatic heterocycles. The molecule has 4 nitrogen and oxygen atoms in total. The first-order valence-corrected chi connectivity index (χ1v) is 6.19. The molecule has 1 atom stereocenters. The van der Waals surface area contributed by atoms with Gasteiger partial charge in [0, 0.05) is 31.4 Å². The molecule has 0 saturated heterocycles. The van der Waals surface area contributed by atoms with E-state index in [1.165, 1.54) is 0 Å². The maximum atomic E-state index is 12.1. The number of hydrogen-bond donors (Lipinski definition) is 1. The second-order valence-corrected chi connectivity index (χ2v) is 4.51. The molecule has 0 saturated carbocycles. The summed E-state index contributed by atoms with van der Waals surface area (Å²) in [6, 6.07) is 3.60. The van der Waals surface area contributed by atoms with E-state index in [2.05, 4.69) is 4.98 Å². The van der Waals surface area contributed by atoms with Gasteiger partial charge in [-0.1, -0.05) is 19.4 Å². The normalized spacial score (nSPS) is 16.5. The number of nitrogens with two attached hydrogens (primary N) is 1. The number of hydrogen-bond acceptors (Lipinski definition) is 3. The number of carbonyl (C=O) groups excluding carboxylic acids is 1. The summed E-state index contributed by atoms with van der Waals surface area (Å²) >= 11 is 0. The average molecular weight is 233 g/mol. The molecule has 2 heterocycles. The third kappa shape index (κ3) is 2.64. The van der Waals surface area contributed by atoms with Crippen molar-refractivity contribution in [1.82, 2.24) is 9.88 Å². The zero-order chi connectivity index (χ0) is 12.3. The van der Waals surface area contributed by atoms with Crippen LogP contribution in [-0.4, -0.2) is 28.4 Å². The Balaban J connectivity index is 2.05. The summed E-state index contributed by atoms with van der Waals surface area (Å²) in [7, 11) is 0. The third-order valence-corrected chi connectivity index (χ3v) is 3.19. The summed E-state index contributed by atoms with van der Waals surface area (Å²) in [6.07, 6.45) is 4.34. The molecular formula is C13H19N3O. The predicted molar refractivity (Wildman–Crippen MR) is 66.2 cm³/mol. The van der Waals surface area contributed by atoms with Crippen LogP contribution in [0.25, 0.3) is 0 Å². The number of fused-ring (bicyclic) bond motifs is 1. The largest absolute Gasteiger partial charge is 0.337 e. The molecule has 1 amide bonds. The fourth-order valence-corrected chi connectivity index (χ4v) is 2.22. The van der Waals surface area contributed by atoms with E-state index in [0.717, 1.165) is 37.1 Å². The Labute approximate surface area is 102 Å². The second-order valence-electron chi connectivity index (χ2n) is 4.51. The van der Waals surface area contributed by atoms with Crippen LogP contribution >= 0.6 is 0 Å². The van der Waals surface area contributed by atoms with Gasteiger partial charge < -0.3 is 10.6 Å². The SMILES string of the molecule is CCC[C@@H](N)C(=O)N1CCc2ncccc2C1. The molecule has 1 aromatic heterocycles. The van der Waals surface area contributed by atoms with Gasteiger partial charge in [-0.15, -0.1) is 0 Å². The van der Waals surface area contributed by atoms with Crippen molar-refractivity contribution in [2.75, 3.05) is 6.54 Å². The quantitative estimate of drug-likeness (QED) is 0.850. The Kier molecular flexibility index (Phi) is 3.74. The molecule has 92 valence electrons. The minimum atomic E-state index is -0.349. The molecule has 0 aliphatic carbocycles. The minimum Gasteiger partial charge on any atom is -0.337 e. The lowest BCUT2D eigenvalue weighted by Crippen LogP contribution is -2.45. The summed E-state index contributed by atoms with van der Waals surface area (Å²) in [5.74, 6) is 0.0707. The van der Waals surface area contributed by atoms with Crippen LogP contribution in [0.2, 0.25) is 0 Å². The smallest absolute Gasteiger partial charge is 0.239 e. The molecule has 2 rings (SSSR count). The van der Waals surface area contributed by atoms with Gasteiger partial charge in [-0.25, -0.2) is 0 Å². The van der Waals surface area contributed by atoms with Crippen molar-refractivity contribution in [3.63, 3.8) is 0 Å². The highest BCUT2D eigenvalue weighted by Crippen LogP contribution is 2.17. The Morgan fingerprint density at radius 3 is 3.24 bits per heavy atom. The summed E-state index contributed by atoms with van der Waals surface area (Å²) in [5, 5.41) is 0. The first-order valence-electron chi connectivity index (χ1n) is 6.19. The fraction of sp³-hybridized carbons (Fsp3) is 0.538. The van der Waals surface area contributed by atoms with Crippen LogP contribution in [0.5, 0.6) is 0 Å². The Bertz CT molecular complexity index is 405. The summed E-state index contributed by atoms with van der Waals surface area (Å²) in [4.78, 5) is 18.3. The van der Waals surface area contributed by atoms with E-state index in [1.54, 1.807) is 6.20 Å². The molecule has 1 aromatic rings. The number of pyridine rings is 1. The lowest BCUT2D eigenvalue weighted by atomic mass is 10.0. The van der Waals surface area contributed by atoms with Crippen LogP contribution in [-0.2, 0) is 17.8 Å². The van der Waals surface area contributed by atoms with Crippen LogP contribution in [0, 0.1) is 0 Å². The van der Waals surface area contributed by atoms with Crippen molar-refractivity contribution >= 4 is 5.91 Å². The van der Waals surface area contributed by atoms with Gasteiger partial charge in [-0.2, -0.15) is 0 Å². The number of aromatic nitrogens is 1. The number of rotatable bonds is 3. The van der Waals surface area contributed by atoms with E-state index in [4.69, 9.17) is 5.73 Å². The second kappa shape index (κ2) is 5.27. The van der Waals surface area contributed by atoms with Crippen molar-refractivity contribution in [3.05, 3.63) is 29.6 Å². The molecule has 4 heteroatoms. The van der Waals surface area contributed by atoms with Crippen LogP contribution < -0.4 is 5.73 Å². The summed E-state index contributed by atoms with van der Waals surface area (Å²) in [6.45, 7) is 3.43. The fourth-order valence-electron chi connectivity index (χ4n) is 2.22. The first-order chi connectivity index (χ1) is 8.22. The molecule has 17 heavy (non-hydrogen) atoms. The van der Waals surface area contributed by atoms with Gasteiger partial charge in [0.05, 0.1) is 6.04 Å². The van der Waals surface area contributed by atoms with Gasteiger partial charge in [-0.05, 0) is 18.1 Å². The Hall–Kier alpha value is -1.42. The number of carbonyl (C=O) groups is 1. The number of nitrogens with zero attached hydrogens (tertiary/aromatic N) is 2. The molecular weight excluding hydrogens is 214 g/mol. The van der Waals surface area contributed by atoms with E-state index in [9.17, 15) is 4.79 Å². The number of amides is 1. The highest BCUT2D eigenvalue weighted by Gasteiger charge is 2.24. The van der Waals surface area contributed by atoms with Crippen molar-refractivity contribution in [2.45, 2.75) is 38.8 Å². The van der Waals surface area contributed by atoms with Gasteiger partial charge in [0.25, 0.3) is 0 Å². The lowest BCUT2D eigenvalue weighted by Gasteiger charge is -2.30. The minimum absolute atomic E-state index is 0.0707. The first kappa shape index (κ1) is 12.0. The Morgan fingerprint density at radius 1 is 1.65 bits per heavy atom. The van der Waals surface area contributed by atoms with Gasteiger partial charge in [0.15, 0.2) is 0 Å². The molecule has 0 radical (unpaired) electrons. The van der Waals surface area contributed by atoms with E-state index in [-0.39, 0.29) is 11.9 Å². The molecule has 2 N–H and O–H groups in total. The van der Waals surface area contributed by atoms with E-state index in [1.807, 2.05) is 24.0 Å². The highest BCUT2D eigenvalue weighted by atomic mass is 16.2. The standard InChI is InChI=1S/C13H19N3O/c1-2-4-11(14)13(17)16-8-6-12-10(9-16)5-3-7-15-12/h3,5,7,11H,2,4,6,8-9,14H2,1H3/t11-/m1/s1. The van der Waals surface area contributed by atoms with E-state index >= 15 is 0 Å².